The van der Waals surface area contributed by atoms with Gasteiger partial charge in [0.15, 0.2) is 11.5 Å². The van der Waals surface area contributed by atoms with Gasteiger partial charge in [0.25, 0.3) is 5.91 Å². The summed E-state index contributed by atoms with van der Waals surface area (Å²) in [4.78, 5) is 18.0. The third-order valence-electron chi connectivity index (χ3n) is 6.39. The van der Waals surface area contributed by atoms with Crippen LogP contribution in [0, 0.1) is 6.92 Å². The maximum Gasteiger partial charge on any atom is 0.255 e. The van der Waals surface area contributed by atoms with Crippen molar-refractivity contribution in [1.82, 2.24) is 14.8 Å². The fourth-order valence-corrected chi connectivity index (χ4v) is 4.79. The minimum Gasteiger partial charge on any atom is -0.490 e. The summed E-state index contributed by atoms with van der Waals surface area (Å²) in [6.07, 6.45) is 1.46. The van der Waals surface area contributed by atoms with Crippen molar-refractivity contribution in [2.24, 2.45) is 0 Å². The summed E-state index contributed by atoms with van der Waals surface area (Å²) in [5.41, 5.74) is 4.57. The number of aromatic nitrogens is 3. The van der Waals surface area contributed by atoms with Gasteiger partial charge in [-0.1, -0.05) is 53.5 Å². The van der Waals surface area contributed by atoms with Gasteiger partial charge in [-0.25, -0.2) is 4.68 Å². The second-order valence-corrected chi connectivity index (χ2v) is 9.85. The normalized spacial score (nSPS) is 14.4. The van der Waals surface area contributed by atoms with Crippen molar-refractivity contribution in [2.75, 3.05) is 17.2 Å². The Morgan fingerprint density at radius 1 is 1.03 bits per heavy atom. The van der Waals surface area contributed by atoms with Gasteiger partial charge in [0.1, 0.15) is 19.0 Å². The van der Waals surface area contributed by atoms with E-state index in [9.17, 15) is 4.79 Å². The highest BCUT2D eigenvalue weighted by Gasteiger charge is 2.34. The Labute approximate surface area is 236 Å². The van der Waals surface area contributed by atoms with Crippen LogP contribution in [0.1, 0.15) is 36.6 Å². The lowest BCUT2D eigenvalue weighted by Crippen LogP contribution is -2.31. The van der Waals surface area contributed by atoms with Gasteiger partial charge in [-0.3, -0.25) is 4.79 Å². The van der Waals surface area contributed by atoms with E-state index in [2.05, 4.69) is 20.7 Å². The third kappa shape index (κ3) is 5.57. The van der Waals surface area contributed by atoms with Crippen molar-refractivity contribution in [1.29, 1.82) is 0 Å². The maximum atomic E-state index is 13.7. The number of hydrogen-bond donors (Lipinski definition) is 2. The van der Waals surface area contributed by atoms with Gasteiger partial charge >= 0.3 is 0 Å². The fraction of sp³-hybridized carbons (Fsp3) is 0.207. The molecule has 2 N–H and O–H groups in total. The quantitative estimate of drug-likeness (QED) is 0.245. The minimum absolute atomic E-state index is 0.238. The summed E-state index contributed by atoms with van der Waals surface area (Å²) in [7, 11) is 0. The number of nitrogens with zero attached hydrogens (tertiary/aromatic N) is 3. The summed E-state index contributed by atoms with van der Waals surface area (Å²) >= 11 is 12.2. The van der Waals surface area contributed by atoms with Gasteiger partial charge in [0, 0.05) is 11.4 Å². The van der Waals surface area contributed by atoms with Crippen molar-refractivity contribution in [3.63, 3.8) is 0 Å². The van der Waals surface area contributed by atoms with Gasteiger partial charge < -0.3 is 20.1 Å². The predicted octanol–water partition coefficient (Wildman–Crippen LogP) is 6.80. The van der Waals surface area contributed by atoms with E-state index in [1.165, 1.54) is 6.33 Å². The highest BCUT2D eigenvalue weighted by molar-refractivity contribution is 6.42. The van der Waals surface area contributed by atoms with Crippen LogP contribution in [0.3, 0.4) is 0 Å². The Kier molecular flexibility index (Phi) is 7.77. The van der Waals surface area contributed by atoms with Gasteiger partial charge in [0.05, 0.1) is 22.2 Å². The highest BCUT2D eigenvalue weighted by Crippen LogP contribution is 2.39. The Balaban J connectivity index is 1.49. The first kappa shape index (κ1) is 26.6. The molecule has 3 aromatic carbocycles. The molecule has 0 radical (unpaired) electrons. The van der Waals surface area contributed by atoms with E-state index < -0.39 is 6.04 Å². The molecule has 1 aliphatic heterocycles. The van der Waals surface area contributed by atoms with Crippen LogP contribution in [0.15, 0.2) is 78.3 Å². The van der Waals surface area contributed by atoms with Crippen LogP contribution in [0.4, 0.5) is 11.6 Å². The molecular formula is C29H27Cl2N5O3. The molecule has 0 bridgehead atoms. The third-order valence-corrected chi connectivity index (χ3v) is 7.13. The second kappa shape index (κ2) is 11.4. The summed E-state index contributed by atoms with van der Waals surface area (Å²) in [6.45, 7) is 6.42. The molecule has 4 aromatic rings. The lowest BCUT2D eigenvalue weighted by Gasteiger charge is -2.29. The van der Waals surface area contributed by atoms with E-state index >= 15 is 0 Å². The molecule has 8 nitrogen and oxygen atoms in total. The first-order valence-corrected chi connectivity index (χ1v) is 13.2. The summed E-state index contributed by atoms with van der Waals surface area (Å²) in [6, 6.07) is 18.1. The molecule has 0 aliphatic carbocycles. The number of rotatable bonds is 8. The number of nitrogens with one attached hydrogen (secondary N) is 2. The number of amides is 1. The molecule has 5 rings (SSSR count). The SMILES string of the molecule is CCOc1cc([C@H]2C(C(=O)Nc3ccccc3C)=C(C)Nc3ncnn32)ccc1OCc1ccc(Cl)c(Cl)c1. The number of hydrogen-bond acceptors (Lipinski definition) is 6. The minimum atomic E-state index is -0.545. The first-order valence-electron chi connectivity index (χ1n) is 12.4. The summed E-state index contributed by atoms with van der Waals surface area (Å²) < 4.78 is 13.7. The zero-order valence-corrected chi connectivity index (χ0v) is 23.2. The predicted molar refractivity (Wildman–Crippen MR) is 153 cm³/mol. The zero-order chi connectivity index (χ0) is 27.5. The van der Waals surface area contributed by atoms with Crippen LogP contribution < -0.4 is 20.1 Å². The Hall–Kier alpha value is -4.01. The number of carbonyl (C=O) groups is 1. The van der Waals surface area contributed by atoms with Crippen LogP contribution in [-0.4, -0.2) is 27.3 Å². The van der Waals surface area contributed by atoms with E-state index in [4.69, 9.17) is 32.7 Å². The largest absolute Gasteiger partial charge is 0.490 e. The highest BCUT2D eigenvalue weighted by atomic mass is 35.5. The molecule has 0 saturated carbocycles. The van der Waals surface area contributed by atoms with Crippen LogP contribution in [0.2, 0.25) is 10.0 Å². The average molecular weight is 564 g/mol. The molecule has 0 saturated heterocycles. The molecule has 0 spiro atoms. The molecule has 200 valence electrons. The van der Waals surface area contributed by atoms with Gasteiger partial charge in [-0.2, -0.15) is 10.1 Å². The Morgan fingerprint density at radius 2 is 1.85 bits per heavy atom. The van der Waals surface area contributed by atoms with Crippen molar-refractivity contribution in [2.45, 2.75) is 33.4 Å². The number of aryl methyl sites for hydroxylation is 1. The molecule has 1 aromatic heterocycles. The molecule has 1 aliphatic rings. The number of benzene rings is 3. The number of anilines is 2. The number of halogens is 2. The summed E-state index contributed by atoms with van der Waals surface area (Å²) in [5, 5.41) is 11.6. The van der Waals surface area contributed by atoms with Crippen LogP contribution >= 0.6 is 23.2 Å². The Morgan fingerprint density at radius 3 is 2.62 bits per heavy atom. The zero-order valence-electron chi connectivity index (χ0n) is 21.7. The van der Waals surface area contributed by atoms with E-state index in [1.54, 1.807) is 16.8 Å². The average Bonchev–Trinajstić information content (AvgIpc) is 3.38. The molecule has 10 heteroatoms. The number of para-hydroxylation sites is 1. The number of carbonyl (C=O) groups excluding carboxylic acids is 1. The Bertz CT molecular complexity index is 1570. The van der Waals surface area contributed by atoms with Gasteiger partial charge in [-0.05, 0) is 67.8 Å². The van der Waals surface area contributed by atoms with Crippen LogP contribution in [-0.2, 0) is 11.4 Å². The molecule has 1 amide bonds. The second-order valence-electron chi connectivity index (χ2n) is 9.04. The molecule has 0 fully saturated rings. The van der Waals surface area contributed by atoms with E-state index in [-0.39, 0.29) is 12.5 Å². The van der Waals surface area contributed by atoms with Crippen molar-refractivity contribution in [3.05, 3.63) is 105 Å². The maximum absolute atomic E-state index is 13.7. The van der Waals surface area contributed by atoms with Crippen molar-refractivity contribution >= 4 is 40.7 Å². The van der Waals surface area contributed by atoms with Crippen LogP contribution in [0.5, 0.6) is 11.5 Å². The summed E-state index contributed by atoms with van der Waals surface area (Å²) in [5.74, 6) is 1.42. The lowest BCUT2D eigenvalue weighted by atomic mass is 9.94. The van der Waals surface area contributed by atoms with E-state index in [0.29, 0.717) is 45.4 Å². The molecule has 2 heterocycles. The topological polar surface area (TPSA) is 90.3 Å². The van der Waals surface area contributed by atoms with Crippen molar-refractivity contribution in [3.8, 4) is 11.5 Å². The molecular weight excluding hydrogens is 537 g/mol. The van der Waals surface area contributed by atoms with Crippen molar-refractivity contribution < 1.29 is 14.3 Å². The number of ether oxygens (including phenoxy) is 2. The number of fused-ring (bicyclic) bond motifs is 1. The van der Waals surface area contributed by atoms with Crippen LogP contribution in [0.25, 0.3) is 0 Å². The smallest absolute Gasteiger partial charge is 0.255 e. The number of allylic oxidation sites excluding steroid dienone is 1. The monoisotopic (exact) mass is 563 g/mol. The molecule has 1 atom stereocenters. The first-order chi connectivity index (χ1) is 18.9. The van der Waals surface area contributed by atoms with Gasteiger partial charge in [0.2, 0.25) is 5.95 Å². The standard InChI is InChI=1S/C29H27Cl2N5O3/c1-4-38-25-14-20(10-12-24(25)39-15-19-9-11-21(30)22(31)13-19)27-26(18(3)34-29-32-16-33-36(27)29)28(37)35-23-8-6-5-7-17(23)2/h5-14,16,27H,4,15H2,1-3H3,(H,35,37)(H,32,33,34)/t27-/m0/s1. The molecule has 39 heavy (non-hydrogen) atoms. The van der Waals surface area contributed by atoms with Gasteiger partial charge in [-0.15, -0.1) is 0 Å². The molecule has 0 unspecified atom stereocenters. The fourth-order valence-electron chi connectivity index (χ4n) is 4.47. The van der Waals surface area contributed by atoms with E-state index in [0.717, 1.165) is 22.4 Å². The van der Waals surface area contributed by atoms with E-state index in [1.807, 2.05) is 69.3 Å². The lowest BCUT2D eigenvalue weighted by molar-refractivity contribution is -0.113.